The monoisotopic (exact) mass is 233 g/mol. The normalized spacial score (nSPS) is 10.2. The van der Waals surface area contributed by atoms with E-state index in [4.69, 9.17) is 10.5 Å². The number of hydrogen-bond donors (Lipinski definition) is 1. The summed E-state index contributed by atoms with van der Waals surface area (Å²) < 4.78 is 18.0. The highest BCUT2D eigenvalue weighted by atomic mass is 19.1. The average Bonchev–Trinajstić information content (AvgIpc) is 2.32. The van der Waals surface area contributed by atoms with Crippen molar-refractivity contribution in [3.05, 3.63) is 48.2 Å². The van der Waals surface area contributed by atoms with Crippen LogP contribution in [0.3, 0.4) is 0 Å². The van der Waals surface area contributed by atoms with Crippen LogP contribution in [0.4, 0.5) is 10.2 Å². The zero-order valence-corrected chi connectivity index (χ0v) is 9.14. The van der Waals surface area contributed by atoms with E-state index in [0.717, 1.165) is 0 Å². The minimum Gasteiger partial charge on any atom is -0.493 e. The number of benzene rings is 1. The van der Waals surface area contributed by atoms with Crippen LogP contribution in [0.5, 0.6) is 5.75 Å². The molecule has 4 nitrogen and oxygen atoms in total. The third kappa shape index (κ3) is 3.41. The smallest absolute Gasteiger partial charge is 0.134 e. The Balaban J connectivity index is 1.85. The molecule has 0 saturated heterocycles. The lowest BCUT2D eigenvalue weighted by Gasteiger charge is -2.05. The van der Waals surface area contributed by atoms with Crippen LogP contribution in [0.25, 0.3) is 0 Å². The predicted octanol–water partition coefficient (Wildman–Crippen LogP) is 1.82. The second kappa shape index (κ2) is 5.25. The van der Waals surface area contributed by atoms with Gasteiger partial charge in [-0.15, -0.1) is 0 Å². The van der Waals surface area contributed by atoms with Crippen LogP contribution in [-0.4, -0.2) is 16.6 Å². The van der Waals surface area contributed by atoms with Crippen LogP contribution in [0.1, 0.15) is 5.82 Å². The molecular formula is C12H12FN3O. The number of rotatable bonds is 4. The van der Waals surface area contributed by atoms with Gasteiger partial charge in [-0.25, -0.2) is 14.4 Å². The highest BCUT2D eigenvalue weighted by Crippen LogP contribution is 2.11. The first-order valence-electron chi connectivity index (χ1n) is 5.20. The summed E-state index contributed by atoms with van der Waals surface area (Å²) in [5, 5.41) is 0. The molecule has 0 amide bonds. The SMILES string of the molecule is Nc1ccnc(CCOc2ccc(F)cc2)n1. The minimum absolute atomic E-state index is 0.281. The van der Waals surface area contributed by atoms with Crippen molar-refractivity contribution in [2.24, 2.45) is 0 Å². The Hall–Kier alpha value is -2.17. The summed E-state index contributed by atoms with van der Waals surface area (Å²) in [4.78, 5) is 8.10. The molecule has 1 aromatic carbocycles. The second-order valence-electron chi connectivity index (χ2n) is 3.45. The fourth-order valence-corrected chi connectivity index (χ4v) is 1.33. The van der Waals surface area contributed by atoms with Crippen molar-refractivity contribution >= 4 is 5.82 Å². The van der Waals surface area contributed by atoms with Gasteiger partial charge in [0.15, 0.2) is 0 Å². The van der Waals surface area contributed by atoms with E-state index in [1.54, 1.807) is 24.4 Å². The molecule has 2 aromatic rings. The molecule has 17 heavy (non-hydrogen) atoms. The van der Waals surface area contributed by atoms with E-state index in [-0.39, 0.29) is 5.82 Å². The van der Waals surface area contributed by atoms with E-state index in [9.17, 15) is 4.39 Å². The maximum Gasteiger partial charge on any atom is 0.134 e. The fraction of sp³-hybridized carbons (Fsp3) is 0.167. The topological polar surface area (TPSA) is 61.0 Å². The van der Waals surface area contributed by atoms with Gasteiger partial charge >= 0.3 is 0 Å². The molecule has 0 atom stereocenters. The van der Waals surface area contributed by atoms with Gasteiger partial charge in [-0.3, -0.25) is 0 Å². The molecule has 0 saturated carbocycles. The van der Waals surface area contributed by atoms with Crippen LogP contribution in [0, 0.1) is 5.82 Å². The van der Waals surface area contributed by atoms with Crippen molar-refractivity contribution in [2.75, 3.05) is 12.3 Å². The summed E-state index contributed by atoms with van der Waals surface area (Å²) in [6.07, 6.45) is 2.16. The summed E-state index contributed by atoms with van der Waals surface area (Å²) in [6.45, 7) is 0.426. The first-order chi connectivity index (χ1) is 8.24. The predicted molar refractivity (Wildman–Crippen MR) is 62.0 cm³/mol. The number of aromatic nitrogens is 2. The van der Waals surface area contributed by atoms with Gasteiger partial charge in [0.2, 0.25) is 0 Å². The summed E-state index contributed by atoms with van der Waals surface area (Å²) in [6, 6.07) is 7.49. The molecule has 88 valence electrons. The van der Waals surface area contributed by atoms with E-state index in [1.807, 2.05) is 0 Å². The zero-order valence-electron chi connectivity index (χ0n) is 9.14. The summed E-state index contributed by atoms with van der Waals surface area (Å²) in [7, 11) is 0. The van der Waals surface area contributed by atoms with Crippen LogP contribution >= 0.6 is 0 Å². The number of ether oxygens (including phenoxy) is 1. The fourth-order valence-electron chi connectivity index (χ4n) is 1.33. The summed E-state index contributed by atoms with van der Waals surface area (Å²) in [5.74, 6) is 1.41. The average molecular weight is 233 g/mol. The molecule has 0 unspecified atom stereocenters. The number of nitrogens with zero attached hydrogens (tertiary/aromatic N) is 2. The summed E-state index contributed by atoms with van der Waals surface area (Å²) in [5.41, 5.74) is 5.52. The molecule has 2 N–H and O–H groups in total. The van der Waals surface area contributed by atoms with Crippen LogP contribution in [0.15, 0.2) is 36.5 Å². The van der Waals surface area contributed by atoms with E-state index in [1.165, 1.54) is 12.1 Å². The van der Waals surface area contributed by atoms with Gasteiger partial charge in [-0.1, -0.05) is 0 Å². The van der Waals surface area contributed by atoms with Crippen molar-refractivity contribution in [3.63, 3.8) is 0 Å². The Labute approximate surface area is 98.3 Å². The molecule has 0 aliphatic carbocycles. The molecular weight excluding hydrogens is 221 g/mol. The molecule has 1 heterocycles. The van der Waals surface area contributed by atoms with Gasteiger partial charge in [-0.2, -0.15) is 0 Å². The molecule has 5 heteroatoms. The molecule has 0 aliphatic rings. The quantitative estimate of drug-likeness (QED) is 0.875. The van der Waals surface area contributed by atoms with E-state index in [0.29, 0.717) is 30.4 Å². The van der Waals surface area contributed by atoms with E-state index < -0.39 is 0 Å². The Morgan fingerprint density at radius 2 is 1.94 bits per heavy atom. The highest BCUT2D eigenvalue weighted by Gasteiger charge is 1.99. The molecule has 0 fully saturated rings. The van der Waals surface area contributed by atoms with Gasteiger partial charge in [0, 0.05) is 12.6 Å². The van der Waals surface area contributed by atoms with Crippen LogP contribution < -0.4 is 10.5 Å². The molecule has 0 spiro atoms. The summed E-state index contributed by atoms with van der Waals surface area (Å²) >= 11 is 0. The lowest BCUT2D eigenvalue weighted by atomic mass is 10.3. The standard InChI is InChI=1S/C12H12FN3O/c13-9-1-3-10(4-2-9)17-8-6-12-15-7-5-11(14)16-12/h1-5,7H,6,8H2,(H2,14,15,16). The Bertz CT molecular complexity index is 487. The number of hydrogen-bond acceptors (Lipinski definition) is 4. The van der Waals surface area contributed by atoms with Gasteiger partial charge in [0.1, 0.15) is 23.2 Å². The van der Waals surface area contributed by atoms with E-state index >= 15 is 0 Å². The molecule has 0 bridgehead atoms. The highest BCUT2D eigenvalue weighted by molar-refractivity contribution is 5.25. The minimum atomic E-state index is -0.281. The Morgan fingerprint density at radius 3 is 2.65 bits per heavy atom. The van der Waals surface area contributed by atoms with Crippen molar-refractivity contribution in [3.8, 4) is 5.75 Å². The third-order valence-corrected chi connectivity index (χ3v) is 2.14. The molecule has 2 rings (SSSR count). The van der Waals surface area contributed by atoms with Crippen molar-refractivity contribution in [2.45, 2.75) is 6.42 Å². The van der Waals surface area contributed by atoms with Crippen LogP contribution in [0.2, 0.25) is 0 Å². The van der Waals surface area contributed by atoms with E-state index in [2.05, 4.69) is 9.97 Å². The molecule has 1 aromatic heterocycles. The lowest BCUT2D eigenvalue weighted by molar-refractivity contribution is 0.318. The van der Waals surface area contributed by atoms with Gasteiger partial charge in [0.05, 0.1) is 6.61 Å². The maximum atomic E-state index is 12.6. The third-order valence-electron chi connectivity index (χ3n) is 2.14. The number of nitrogens with two attached hydrogens (primary N) is 1. The van der Waals surface area contributed by atoms with Crippen molar-refractivity contribution in [1.29, 1.82) is 0 Å². The second-order valence-corrected chi connectivity index (χ2v) is 3.45. The van der Waals surface area contributed by atoms with Gasteiger partial charge in [-0.05, 0) is 30.3 Å². The number of nitrogen functional groups attached to an aromatic ring is 1. The first-order valence-corrected chi connectivity index (χ1v) is 5.20. The molecule has 0 aliphatic heterocycles. The van der Waals surface area contributed by atoms with Gasteiger partial charge < -0.3 is 10.5 Å². The largest absolute Gasteiger partial charge is 0.493 e. The van der Waals surface area contributed by atoms with Crippen molar-refractivity contribution < 1.29 is 9.13 Å². The molecule has 0 radical (unpaired) electrons. The Morgan fingerprint density at radius 1 is 1.18 bits per heavy atom. The van der Waals surface area contributed by atoms with Crippen molar-refractivity contribution in [1.82, 2.24) is 9.97 Å². The van der Waals surface area contributed by atoms with Crippen LogP contribution in [-0.2, 0) is 6.42 Å². The Kier molecular flexibility index (Phi) is 3.49. The number of anilines is 1. The zero-order chi connectivity index (χ0) is 12.1. The lowest BCUT2D eigenvalue weighted by Crippen LogP contribution is -2.06. The first kappa shape index (κ1) is 11.3. The number of halogens is 1. The maximum absolute atomic E-state index is 12.6. The van der Waals surface area contributed by atoms with Gasteiger partial charge in [0.25, 0.3) is 0 Å².